The lowest BCUT2D eigenvalue weighted by Crippen LogP contribution is -2.34. The maximum Gasteiger partial charge on any atom is 0.129 e. The van der Waals surface area contributed by atoms with Crippen LogP contribution in [0.5, 0.6) is 0 Å². The van der Waals surface area contributed by atoms with Crippen LogP contribution < -0.4 is 0 Å². The van der Waals surface area contributed by atoms with Gasteiger partial charge in [0.2, 0.25) is 0 Å². The molecule has 0 bridgehead atoms. The average molecular weight is 239 g/mol. The molecule has 3 heteroatoms. The maximum atomic E-state index is 13.4. The van der Waals surface area contributed by atoms with Crippen molar-refractivity contribution < 1.29 is 8.78 Å². The van der Waals surface area contributed by atoms with Crippen LogP contribution in [0.15, 0.2) is 18.2 Å². The quantitative estimate of drug-likeness (QED) is 0.782. The molecule has 1 aliphatic rings. The van der Waals surface area contributed by atoms with Gasteiger partial charge >= 0.3 is 0 Å². The predicted molar refractivity (Wildman–Crippen MR) is 64.9 cm³/mol. The second-order valence-corrected chi connectivity index (χ2v) is 4.97. The average Bonchev–Trinajstić information content (AvgIpc) is 2.31. The second kappa shape index (κ2) is 5.58. The van der Waals surface area contributed by atoms with E-state index < -0.39 is 11.6 Å². The Balaban J connectivity index is 1.89. The Labute approximate surface area is 101 Å². The number of hydrogen-bond donors (Lipinski definition) is 0. The summed E-state index contributed by atoms with van der Waals surface area (Å²) in [7, 11) is 0. The van der Waals surface area contributed by atoms with Crippen molar-refractivity contribution in [3.63, 3.8) is 0 Å². The molecule has 0 radical (unpaired) electrons. The van der Waals surface area contributed by atoms with Crippen molar-refractivity contribution in [2.45, 2.75) is 26.2 Å². The maximum absolute atomic E-state index is 13.4. The van der Waals surface area contributed by atoms with Crippen LogP contribution in [0.4, 0.5) is 8.78 Å². The number of benzene rings is 1. The Morgan fingerprint density at radius 3 is 2.35 bits per heavy atom. The van der Waals surface area contributed by atoms with E-state index in [4.69, 9.17) is 0 Å². The molecule has 0 saturated carbocycles. The van der Waals surface area contributed by atoms with Crippen LogP contribution in [0.3, 0.4) is 0 Å². The second-order valence-electron chi connectivity index (χ2n) is 4.97. The highest BCUT2D eigenvalue weighted by Crippen LogP contribution is 2.18. The van der Waals surface area contributed by atoms with Gasteiger partial charge < -0.3 is 4.90 Å². The molecule has 1 aromatic rings. The minimum atomic E-state index is -0.421. The van der Waals surface area contributed by atoms with Crippen LogP contribution in [0.1, 0.15) is 25.3 Å². The fourth-order valence-electron chi connectivity index (χ4n) is 2.33. The SMILES string of the molecule is CC1CCN(CCc2c(F)cccc2F)CC1. The molecule has 1 saturated heterocycles. The number of hydrogen-bond acceptors (Lipinski definition) is 1. The molecule has 1 heterocycles. The molecule has 0 aromatic heterocycles. The minimum absolute atomic E-state index is 0.228. The van der Waals surface area contributed by atoms with E-state index in [1.165, 1.54) is 31.0 Å². The highest BCUT2D eigenvalue weighted by atomic mass is 19.1. The van der Waals surface area contributed by atoms with Gasteiger partial charge in [0.05, 0.1) is 0 Å². The predicted octanol–water partition coefficient (Wildman–Crippen LogP) is 3.24. The summed E-state index contributed by atoms with van der Waals surface area (Å²) in [4.78, 5) is 2.30. The first-order valence-electron chi connectivity index (χ1n) is 6.32. The summed E-state index contributed by atoms with van der Waals surface area (Å²) in [5.41, 5.74) is 0.228. The van der Waals surface area contributed by atoms with Crippen molar-refractivity contribution in [1.82, 2.24) is 4.90 Å². The molecule has 94 valence electrons. The highest BCUT2D eigenvalue weighted by Gasteiger charge is 2.16. The minimum Gasteiger partial charge on any atom is -0.303 e. The number of likely N-dealkylation sites (tertiary alicyclic amines) is 1. The Kier molecular flexibility index (Phi) is 4.11. The Morgan fingerprint density at radius 1 is 1.18 bits per heavy atom. The molecule has 1 fully saturated rings. The Hall–Kier alpha value is -0.960. The van der Waals surface area contributed by atoms with E-state index >= 15 is 0 Å². The van der Waals surface area contributed by atoms with E-state index in [1.807, 2.05) is 0 Å². The van der Waals surface area contributed by atoms with Crippen molar-refractivity contribution >= 4 is 0 Å². The molecule has 1 aliphatic heterocycles. The summed E-state index contributed by atoms with van der Waals surface area (Å²) in [5.74, 6) is -0.0535. The monoisotopic (exact) mass is 239 g/mol. The lowest BCUT2D eigenvalue weighted by atomic mass is 9.99. The van der Waals surface area contributed by atoms with Gasteiger partial charge in [-0.05, 0) is 50.4 Å². The van der Waals surface area contributed by atoms with Crippen LogP contribution in [0.25, 0.3) is 0 Å². The molecule has 0 aliphatic carbocycles. The third-order valence-electron chi connectivity index (χ3n) is 3.62. The van der Waals surface area contributed by atoms with Crippen molar-refractivity contribution in [3.8, 4) is 0 Å². The van der Waals surface area contributed by atoms with Crippen LogP contribution in [-0.4, -0.2) is 24.5 Å². The lowest BCUT2D eigenvalue weighted by molar-refractivity contribution is 0.193. The van der Waals surface area contributed by atoms with E-state index in [1.54, 1.807) is 0 Å². The third kappa shape index (κ3) is 3.25. The van der Waals surface area contributed by atoms with Crippen molar-refractivity contribution in [3.05, 3.63) is 35.4 Å². The van der Waals surface area contributed by atoms with Gasteiger partial charge in [-0.1, -0.05) is 13.0 Å². The van der Waals surface area contributed by atoms with Gasteiger partial charge in [0.15, 0.2) is 0 Å². The smallest absolute Gasteiger partial charge is 0.129 e. The zero-order valence-corrected chi connectivity index (χ0v) is 10.3. The summed E-state index contributed by atoms with van der Waals surface area (Å²) in [6.07, 6.45) is 2.85. The van der Waals surface area contributed by atoms with Gasteiger partial charge in [-0.3, -0.25) is 0 Å². The fourth-order valence-corrected chi connectivity index (χ4v) is 2.33. The van der Waals surface area contributed by atoms with Gasteiger partial charge in [-0.25, -0.2) is 8.78 Å². The largest absolute Gasteiger partial charge is 0.303 e. The van der Waals surface area contributed by atoms with E-state index in [-0.39, 0.29) is 5.56 Å². The number of halogens is 2. The summed E-state index contributed by atoms with van der Waals surface area (Å²) in [5, 5.41) is 0. The van der Waals surface area contributed by atoms with Gasteiger partial charge in [0.25, 0.3) is 0 Å². The van der Waals surface area contributed by atoms with E-state index in [0.29, 0.717) is 6.42 Å². The lowest BCUT2D eigenvalue weighted by Gasteiger charge is -2.30. The van der Waals surface area contributed by atoms with E-state index in [9.17, 15) is 8.78 Å². The van der Waals surface area contributed by atoms with Crippen LogP contribution >= 0.6 is 0 Å². The van der Waals surface area contributed by atoms with Gasteiger partial charge in [0.1, 0.15) is 11.6 Å². The first kappa shape index (κ1) is 12.5. The summed E-state index contributed by atoms with van der Waals surface area (Å²) in [6, 6.07) is 4.07. The standard InChI is InChI=1S/C14H19F2N/c1-11-5-8-17(9-6-11)10-7-12-13(15)3-2-4-14(12)16/h2-4,11H,5-10H2,1H3. The molecule has 0 N–H and O–H groups in total. The van der Waals surface area contributed by atoms with Gasteiger partial charge in [0, 0.05) is 12.1 Å². The Morgan fingerprint density at radius 2 is 1.76 bits per heavy atom. The molecule has 2 rings (SSSR count). The number of nitrogens with zero attached hydrogens (tertiary/aromatic N) is 1. The van der Waals surface area contributed by atoms with Crippen LogP contribution in [0, 0.1) is 17.6 Å². The molecular formula is C14H19F2N. The number of piperidine rings is 1. The van der Waals surface area contributed by atoms with Gasteiger partial charge in [-0.2, -0.15) is 0 Å². The number of rotatable bonds is 3. The molecule has 17 heavy (non-hydrogen) atoms. The molecule has 0 spiro atoms. The molecule has 0 atom stereocenters. The first-order valence-corrected chi connectivity index (χ1v) is 6.32. The molecular weight excluding hydrogens is 220 g/mol. The van der Waals surface area contributed by atoms with Crippen LogP contribution in [0.2, 0.25) is 0 Å². The third-order valence-corrected chi connectivity index (χ3v) is 3.62. The Bertz CT molecular complexity index is 350. The molecule has 1 aromatic carbocycles. The molecule has 0 amide bonds. The highest BCUT2D eigenvalue weighted by molar-refractivity contribution is 5.19. The molecule has 1 nitrogen and oxygen atoms in total. The summed E-state index contributed by atoms with van der Waals surface area (Å²) in [6.45, 7) is 5.12. The van der Waals surface area contributed by atoms with Crippen molar-refractivity contribution in [1.29, 1.82) is 0 Å². The van der Waals surface area contributed by atoms with Crippen molar-refractivity contribution in [2.24, 2.45) is 5.92 Å². The van der Waals surface area contributed by atoms with Crippen LogP contribution in [-0.2, 0) is 6.42 Å². The van der Waals surface area contributed by atoms with E-state index in [0.717, 1.165) is 25.6 Å². The molecule has 0 unspecified atom stereocenters. The fraction of sp³-hybridized carbons (Fsp3) is 0.571. The summed E-state index contributed by atoms with van der Waals surface area (Å²) >= 11 is 0. The first-order chi connectivity index (χ1) is 8.16. The topological polar surface area (TPSA) is 3.24 Å². The zero-order chi connectivity index (χ0) is 12.3. The van der Waals surface area contributed by atoms with E-state index in [2.05, 4.69) is 11.8 Å². The zero-order valence-electron chi connectivity index (χ0n) is 10.3. The summed E-state index contributed by atoms with van der Waals surface area (Å²) < 4.78 is 26.8. The normalized spacial score (nSPS) is 18.5. The van der Waals surface area contributed by atoms with Gasteiger partial charge in [-0.15, -0.1) is 0 Å². The van der Waals surface area contributed by atoms with Crippen molar-refractivity contribution in [2.75, 3.05) is 19.6 Å².